The van der Waals surface area contributed by atoms with Crippen molar-refractivity contribution in [1.82, 2.24) is 15.1 Å². The summed E-state index contributed by atoms with van der Waals surface area (Å²) in [5.74, 6) is 0.432. The molecule has 0 bridgehead atoms. The molecule has 1 aliphatic heterocycles. The van der Waals surface area contributed by atoms with Crippen LogP contribution in [0.2, 0.25) is 0 Å². The maximum Gasteiger partial charge on any atom is 0.108 e. The van der Waals surface area contributed by atoms with Crippen molar-refractivity contribution in [2.45, 2.75) is 52.0 Å². The number of allylic oxidation sites excluding steroid dienone is 4. The van der Waals surface area contributed by atoms with Gasteiger partial charge in [0.1, 0.15) is 5.76 Å². The standard InChI is InChI=1S/C17H26N2O.C8H17NS/c1-14(15(2)20)19-12-10-17(11-13-19,18(3)4)16-8-6-5-7-9-16;1-4-8(10-3)6-5-7-9-2/h5-9,20H,10-13H2,1-4H3;4,9H,5-7H2,1-3H3/b15-14-;8-4-. The lowest BCUT2D eigenvalue weighted by molar-refractivity contribution is 0.0653. The summed E-state index contributed by atoms with van der Waals surface area (Å²) in [6.45, 7) is 8.96. The fourth-order valence-electron chi connectivity index (χ4n) is 3.99. The Labute approximate surface area is 189 Å². The van der Waals surface area contributed by atoms with Crippen molar-refractivity contribution in [1.29, 1.82) is 0 Å². The van der Waals surface area contributed by atoms with E-state index in [1.54, 1.807) is 6.92 Å². The van der Waals surface area contributed by atoms with Gasteiger partial charge in [0.05, 0.1) is 0 Å². The van der Waals surface area contributed by atoms with Crippen LogP contribution < -0.4 is 5.32 Å². The minimum absolute atomic E-state index is 0.113. The van der Waals surface area contributed by atoms with Gasteiger partial charge in [0, 0.05) is 24.3 Å². The lowest BCUT2D eigenvalue weighted by Gasteiger charge is -2.47. The maximum atomic E-state index is 9.66. The molecule has 0 atom stereocenters. The van der Waals surface area contributed by atoms with Crippen molar-refractivity contribution in [3.8, 4) is 0 Å². The second-order valence-corrected chi connectivity index (χ2v) is 9.05. The van der Waals surface area contributed by atoms with Crippen LogP contribution in [0.3, 0.4) is 0 Å². The largest absolute Gasteiger partial charge is 0.511 e. The molecule has 5 heteroatoms. The molecular formula is C25H43N3OS. The molecule has 1 saturated heterocycles. The molecule has 2 rings (SSSR count). The number of rotatable bonds is 8. The number of piperidine rings is 1. The molecule has 0 aromatic heterocycles. The molecule has 4 nitrogen and oxygen atoms in total. The van der Waals surface area contributed by atoms with Crippen LogP contribution in [0, 0.1) is 0 Å². The molecule has 30 heavy (non-hydrogen) atoms. The van der Waals surface area contributed by atoms with E-state index in [1.807, 2.05) is 25.7 Å². The second-order valence-electron chi connectivity index (χ2n) is 8.12. The van der Waals surface area contributed by atoms with E-state index in [0.29, 0.717) is 5.76 Å². The summed E-state index contributed by atoms with van der Waals surface area (Å²) in [7, 11) is 6.33. The zero-order chi connectivity index (χ0) is 22.6. The van der Waals surface area contributed by atoms with Gasteiger partial charge in [-0.3, -0.25) is 4.90 Å². The van der Waals surface area contributed by atoms with Crippen LogP contribution in [0.25, 0.3) is 0 Å². The Morgan fingerprint density at radius 1 is 1.20 bits per heavy atom. The third kappa shape index (κ3) is 7.68. The van der Waals surface area contributed by atoms with Gasteiger partial charge in [-0.25, -0.2) is 0 Å². The van der Waals surface area contributed by atoms with Crippen LogP contribution in [0.15, 0.2) is 52.8 Å². The van der Waals surface area contributed by atoms with Gasteiger partial charge in [-0.15, -0.1) is 11.8 Å². The number of aliphatic hydroxyl groups is 1. The van der Waals surface area contributed by atoms with Crippen molar-refractivity contribution >= 4 is 11.8 Å². The Hall–Kier alpha value is -1.43. The summed E-state index contributed by atoms with van der Waals surface area (Å²) < 4.78 is 0. The molecule has 170 valence electrons. The molecule has 1 fully saturated rings. The zero-order valence-electron chi connectivity index (χ0n) is 20.2. The van der Waals surface area contributed by atoms with Crippen molar-refractivity contribution in [3.63, 3.8) is 0 Å². The maximum absolute atomic E-state index is 9.66. The number of hydrogen-bond acceptors (Lipinski definition) is 5. The predicted octanol–water partition coefficient (Wildman–Crippen LogP) is 5.60. The highest BCUT2D eigenvalue weighted by Gasteiger charge is 2.38. The number of nitrogens with one attached hydrogen (secondary N) is 1. The van der Waals surface area contributed by atoms with Gasteiger partial charge >= 0.3 is 0 Å². The quantitative estimate of drug-likeness (QED) is 0.412. The van der Waals surface area contributed by atoms with Crippen LogP contribution in [-0.2, 0) is 5.54 Å². The molecule has 0 amide bonds. The fourth-order valence-corrected chi connectivity index (χ4v) is 4.57. The molecular weight excluding hydrogens is 390 g/mol. The SMILES string of the molecule is C/C(O)=C(\C)N1CCC(c2ccccc2)(N(C)C)CC1.C/C=C(/CCCNC)SC. The van der Waals surface area contributed by atoms with Gasteiger partial charge in [0.15, 0.2) is 0 Å². The summed E-state index contributed by atoms with van der Waals surface area (Å²) in [5.41, 5.74) is 2.51. The average Bonchev–Trinajstić information content (AvgIpc) is 2.77. The van der Waals surface area contributed by atoms with E-state index in [-0.39, 0.29) is 5.54 Å². The smallest absolute Gasteiger partial charge is 0.108 e. The Morgan fingerprint density at radius 2 is 1.80 bits per heavy atom. The minimum atomic E-state index is 0.113. The van der Waals surface area contributed by atoms with Crippen molar-refractivity contribution in [3.05, 3.63) is 58.3 Å². The van der Waals surface area contributed by atoms with Crippen LogP contribution in [0.4, 0.5) is 0 Å². The van der Waals surface area contributed by atoms with Gasteiger partial charge in [-0.05, 0) is 90.9 Å². The molecule has 2 N–H and O–H groups in total. The number of nitrogens with zero attached hydrogens (tertiary/aromatic N) is 2. The number of likely N-dealkylation sites (tertiary alicyclic amines) is 1. The van der Waals surface area contributed by atoms with E-state index < -0.39 is 0 Å². The van der Waals surface area contributed by atoms with Crippen LogP contribution in [0.5, 0.6) is 0 Å². The lowest BCUT2D eigenvalue weighted by Crippen LogP contribution is -2.50. The Morgan fingerprint density at radius 3 is 2.23 bits per heavy atom. The molecule has 1 aromatic rings. The molecule has 1 aromatic carbocycles. The van der Waals surface area contributed by atoms with Gasteiger partial charge in [0.2, 0.25) is 0 Å². The Balaban J connectivity index is 0.000000382. The summed E-state index contributed by atoms with van der Waals surface area (Å²) in [5, 5.41) is 12.8. The topological polar surface area (TPSA) is 38.7 Å². The van der Waals surface area contributed by atoms with Gasteiger partial charge in [0.25, 0.3) is 0 Å². The fraction of sp³-hybridized carbons (Fsp3) is 0.600. The van der Waals surface area contributed by atoms with E-state index in [9.17, 15) is 5.11 Å². The number of hydrogen-bond donors (Lipinski definition) is 2. The lowest BCUT2D eigenvalue weighted by atomic mass is 9.79. The van der Waals surface area contributed by atoms with E-state index in [2.05, 4.69) is 78.8 Å². The summed E-state index contributed by atoms with van der Waals surface area (Å²) in [4.78, 5) is 6.14. The first-order valence-electron chi connectivity index (χ1n) is 11.0. The third-order valence-corrected chi connectivity index (χ3v) is 7.15. The first-order valence-corrected chi connectivity index (χ1v) is 12.2. The summed E-state index contributed by atoms with van der Waals surface area (Å²) in [6, 6.07) is 10.8. The number of thioether (sulfide) groups is 1. The van der Waals surface area contributed by atoms with Gasteiger partial charge < -0.3 is 15.3 Å². The number of benzene rings is 1. The van der Waals surface area contributed by atoms with Crippen molar-refractivity contribution in [2.24, 2.45) is 0 Å². The summed E-state index contributed by atoms with van der Waals surface area (Å²) >= 11 is 1.85. The molecule has 0 spiro atoms. The van der Waals surface area contributed by atoms with E-state index >= 15 is 0 Å². The highest BCUT2D eigenvalue weighted by molar-refractivity contribution is 8.02. The Bertz CT molecular complexity index is 658. The third-order valence-electron chi connectivity index (χ3n) is 6.19. The second kappa shape index (κ2) is 13.8. The van der Waals surface area contributed by atoms with E-state index in [0.717, 1.165) is 38.2 Å². The van der Waals surface area contributed by atoms with Crippen LogP contribution >= 0.6 is 11.8 Å². The van der Waals surface area contributed by atoms with Crippen molar-refractivity contribution in [2.75, 3.05) is 47.0 Å². The minimum Gasteiger partial charge on any atom is -0.511 e. The van der Waals surface area contributed by atoms with Crippen molar-refractivity contribution < 1.29 is 5.11 Å². The van der Waals surface area contributed by atoms with Crippen LogP contribution in [-0.4, -0.2) is 61.9 Å². The highest BCUT2D eigenvalue weighted by atomic mass is 32.2. The van der Waals surface area contributed by atoms with Gasteiger partial charge in [-0.2, -0.15) is 0 Å². The average molecular weight is 434 g/mol. The Kier molecular flexibility index (Phi) is 12.2. The molecule has 1 heterocycles. The summed E-state index contributed by atoms with van der Waals surface area (Å²) in [6.07, 6.45) is 8.95. The first kappa shape index (κ1) is 26.6. The predicted molar refractivity (Wildman–Crippen MR) is 134 cm³/mol. The van der Waals surface area contributed by atoms with E-state index in [4.69, 9.17) is 0 Å². The van der Waals surface area contributed by atoms with Gasteiger partial charge in [-0.1, -0.05) is 36.4 Å². The highest BCUT2D eigenvalue weighted by Crippen LogP contribution is 2.38. The normalized spacial score (nSPS) is 17.3. The molecule has 0 saturated carbocycles. The molecule has 0 unspecified atom stereocenters. The first-order chi connectivity index (χ1) is 14.3. The van der Waals surface area contributed by atoms with Crippen LogP contribution in [0.1, 0.15) is 52.0 Å². The molecule has 1 aliphatic rings. The number of aliphatic hydroxyl groups excluding tert-OH is 1. The monoisotopic (exact) mass is 433 g/mol. The van der Waals surface area contributed by atoms with E-state index in [1.165, 1.54) is 23.3 Å². The molecule has 0 aliphatic carbocycles. The molecule has 0 radical (unpaired) electrons. The zero-order valence-corrected chi connectivity index (χ0v) is 21.0.